The zero-order valence-electron chi connectivity index (χ0n) is 21.9. The van der Waals surface area contributed by atoms with Gasteiger partial charge in [0.15, 0.2) is 0 Å². The molecule has 0 aromatic heterocycles. The van der Waals surface area contributed by atoms with Crippen molar-refractivity contribution in [1.29, 1.82) is 0 Å². The summed E-state index contributed by atoms with van der Waals surface area (Å²) in [4.78, 5) is 28.2. The monoisotopic (exact) mass is 643 g/mol. The maximum Gasteiger partial charge on any atom is 0.264 e. The van der Waals surface area contributed by atoms with E-state index in [4.69, 9.17) is 46.4 Å². The quantitative estimate of drug-likeness (QED) is 0.219. The molecule has 1 atom stereocenters. The Hall–Kier alpha value is -2.49. The highest BCUT2D eigenvalue weighted by molar-refractivity contribution is 7.92. The third-order valence-electron chi connectivity index (χ3n) is 6.12. The van der Waals surface area contributed by atoms with Crippen molar-refractivity contribution < 1.29 is 18.0 Å². The summed E-state index contributed by atoms with van der Waals surface area (Å²) in [6.45, 7) is 3.38. The highest BCUT2D eigenvalue weighted by Crippen LogP contribution is 2.33. The second-order valence-corrected chi connectivity index (χ2v) is 12.5. The van der Waals surface area contributed by atoms with Crippen LogP contribution in [0.4, 0.5) is 5.69 Å². The molecule has 0 aliphatic rings. The molecule has 3 aromatic carbocycles. The lowest BCUT2D eigenvalue weighted by Gasteiger charge is -2.32. The predicted octanol–water partition coefficient (Wildman–Crippen LogP) is 6.83. The van der Waals surface area contributed by atoms with Gasteiger partial charge in [-0.1, -0.05) is 84.0 Å². The van der Waals surface area contributed by atoms with Crippen molar-refractivity contribution in [1.82, 2.24) is 10.2 Å². The molecule has 0 aliphatic carbocycles. The first-order valence-electron chi connectivity index (χ1n) is 12.5. The van der Waals surface area contributed by atoms with E-state index in [0.29, 0.717) is 22.2 Å². The fourth-order valence-corrected chi connectivity index (χ4v) is 6.21. The number of amides is 2. The third kappa shape index (κ3) is 8.04. The number of nitrogens with zero attached hydrogens (tertiary/aromatic N) is 2. The molecule has 0 aliphatic heterocycles. The van der Waals surface area contributed by atoms with Gasteiger partial charge in [-0.25, -0.2) is 8.42 Å². The Bertz CT molecular complexity index is 1460. The van der Waals surface area contributed by atoms with Crippen LogP contribution in [0, 0.1) is 0 Å². The number of anilines is 1. The Morgan fingerprint density at radius 3 is 2.23 bits per heavy atom. The zero-order chi connectivity index (χ0) is 29.4. The Labute approximate surface area is 255 Å². The van der Waals surface area contributed by atoms with Crippen LogP contribution in [0.2, 0.25) is 20.1 Å². The lowest BCUT2D eigenvalue weighted by molar-refractivity contribution is -0.139. The van der Waals surface area contributed by atoms with E-state index in [0.717, 1.165) is 17.1 Å². The molecular formula is C28H29Cl4N3O4S. The molecule has 0 heterocycles. The van der Waals surface area contributed by atoms with Gasteiger partial charge < -0.3 is 10.2 Å². The summed E-state index contributed by atoms with van der Waals surface area (Å²) in [5.41, 5.74) is 0.677. The van der Waals surface area contributed by atoms with Gasteiger partial charge in [-0.2, -0.15) is 0 Å². The topological polar surface area (TPSA) is 86.8 Å². The summed E-state index contributed by atoms with van der Waals surface area (Å²) >= 11 is 24.7. The van der Waals surface area contributed by atoms with Gasteiger partial charge in [-0.3, -0.25) is 13.9 Å². The normalized spacial score (nSPS) is 12.1. The Morgan fingerprint density at radius 1 is 0.900 bits per heavy atom. The first kappa shape index (κ1) is 32.0. The molecule has 0 spiro atoms. The van der Waals surface area contributed by atoms with Crippen LogP contribution in [0.5, 0.6) is 0 Å². The van der Waals surface area contributed by atoms with Crippen LogP contribution in [0.1, 0.15) is 32.3 Å². The molecule has 0 bridgehead atoms. The Kier molecular flexibility index (Phi) is 11.5. The number of benzene rings is 3. The lowest BCUT2D eigenvalue weighted by atomic mass is 10.1. The standard InChI is InChI=1S/C28H29Cl4N3O4S/c1-3-4-14-33-28(37)19(2)34(17-20-10-12-23(30)24(31)15-20)27(36)18-35(26-13-11-21(29)16-25(26)32)40(38,39)22-8-6-5-7-9-22/h5-13,15-16,19H,3-4,14,17-18H2,1-2H3,(H,33,37)/t19-/m0/s1. The number of carbonyl (C=O) groups is 2. The molecule has 0 fully saturated rings. The molecule has 0 radical (unpaired) electrons. The molecule has 0 saturated heterocycles. The van der Waals surface area contributed by atoms with E-state index in [-0.39, 0.29) is 33.1 Å². The van der Waals surface area contributed by atoms with Crippen LogP contribution in [-0.2, 0) is 26.2 Å². The van der Waals surface area contributed by atoms with Crippen LogP contribution >= 0.6 is 46.4 Å². The Morgan fingerprint density at radius 2 is 1.60 bits per heavy atom. The molecule has 3 aromatic rings. The molecule has 1 N–H and O–H groups in total. The van der Waals surface area contributed by atoms with Gasteiger partial charge >= 0.3 is 0 Å². The number of hydrogen-bond donors (Lipinski definition) is 1. The zero-order valence-corrected chi connectivity index (χ0v) is 25.8. The Balaban J connectivity index is 2.03. The van der Waals surface area contributed by atoms with Crippen LogP contribution in [0.25, 0.3) is 0 Å². The van der Waals surface area contributed by atoms with E-state index >= 15 is 0 Å². The second-order valence-electron chi connectivity index (χ2n) is 9.01. The molecule has 0 unspecified atom stereocenters. The van der Waals surface area contributed by atoms with Crippen molar-refractivity contribution in [2.75, 3.05) is 17.4 Å². The summed E-state index contributed by atoms with van der Waals surface area (Å²) in [5.74, 6) is -1.00. The van der Waals surface area contributed by atoms with Gasteiger partial charge in [-0.15, -0.1) is 0 Å². The van der Waals surface area contributed by atoms with Crippen molar-refractivity contribution in [3.8, 4) is 0 Å². The van der Waals surface area contributed by atoms with E-state index < -0.39 is 28.5 Å². The molecule has 0 saturated carbocycles. The number of sulfonamides is 1. The van der Waals surface area contributed by atoms with Gasteiger partial charge in [0.25, 0.3) is 10.0 Å². The molecule has 214 valence electrons. The number of nitrogens with one attached hydrogen (secondary N) is 1. The number of unbranched alkanes of at least 4 members (excludes halogenated alkanes) is 1. The average molecular weight is 645 g/mol. The maximum atomic E-state index is 13.9. The fraction of sp³-hybridized carbons (Fsp3) is 0.286. The van der Waals surface area contributed by atoms with Gasteiger partial charge in [0.05, 0.1) is 25.7 Å². The van der Waals surface area contributed by atoms with Gasteiger partial charge in [0.2, 0.25) is 11.8 Å². The summed E-state index contributed by atoms with van der Waals surface area (Å²) in [5, 5.41) is 3.80. The van der Waals surface area contributed by atoms with E-state index in [9.17, 15) is 18.0 Å². The SMILES string of the molecule is CCCCNC(=O)[C@H](C)N(Cc1ccc(Cl)c(Cl)c1)C(=O)CN(c1ccc(Cl)cc1Cl)S(=O)(=O)c1ccccc1. The predicted molar refractivity (Wildman–Crippen MR) is 162 cm³/mol. The molecule has 7 nitrogen and oxygen atoms in total. The van der Waals surface area contributed by atoms with E-state index in [1.807, 2.05) is 6.92 Å². The smallest absolute Gasteiger partial charge is 0.264 e. The molecule has 40 heavy (non-hydrogen) atoms. The van der Waals surface area contributed by atoms with Crippen molar-refractivity contribution in [3.63, 3.8) is 0 Å². The molecule has 3 rings (SSSR count). The van der Waals surface area contributed by atoms with Crippen LogP contribution in [0.15, 0.2) is 71.6 Å². The van der Waals surface area contributed by atoms with E-state index in [2.05, 4.69) is 5.32 Å². The van der Waals surface area contributed by atoms with Gasteiger partial charge in [-0.05, 0) is 61.4 Å². The van der Waals surface area contributed by atoms with E-state index in [1.54, 1.807) is 43.3 Å². The molecular weight excluding hydrogens is 616 g/mol. The van der Waals surface area contributed by atoms with Crippen LogP contribution in [-0.4, -0.2) is 44.3 Å². The average Bonchev–Trinajstić information content (AvgIpc) is 2.92. The number of rotatable bonds is 12. The second kappa shape index (κ2) is 14.4. The van der Waals surface area contributed by atoms with Crippen molar-refractivity contribution in [3.05, 3.63) is 92.4 Å². The lowest BCUT2D eigenvalue weighted by Crippen LogP contribution is -2.51. The summed E-state index contributed by atoms with van der Waals surface area (Å²) in [7, 11) is -4.25. The highest BCUT2D eigenvalue weighted by Gasteiger charge is 2.33. The van der Waals surface area contributed by atoms with Crippen LogP contribution in [0.3, 0.4) is 0 Å². The number of carbonyl (C=O) groups excluding carboxylic acids is 2. The summed E-state index contributed by atoms with van der Waals surface area (Å²) < 4.78 is 28.5. The maximum absolute atomic E-state index is 13.9. The third-order valence-corrected chi connectivity index (χ3v) is 9.17. The van der Waals surface area contributed by atoms with Crippen LogP contribution < -0.4 is 9.62 Å². The van der Waals surface area contributed by atoms with E-state index in [1.165, 1.54) is 35.2 Å². The molecule has 2 amide bonds. The number of halogens is 4. The van der Waals surface area contributed by atoms with Gasteiger partial charge in [0, 0.05) is 18.1 Å². The minimum absolute atomic E-state index is 0.0222. The fourth-order valence-electron chi connectivity index (χ4n) is 3.87. The van der Waals surface area contributed by atoms with Crippen molar-refractivity contribution in [2.24, 2.45) is 0 Å². The largest absolute Gasteiger partial charge is 0.354 e. The summed E-state index contributed by atoms with van der Waals surface area (Å²) in [6.07, 6.45) is 1.66. The van der Waals surface area contributed by atoms with Crippen molar-refractivity contribution >= 4 is 73.9 Å². The summed E-state index contributed by atoms with van der Waals surface area (Å²) in [6, 6.07) is 15.9. The first-order valence-corrected chi connectivity index (χ1v) is 15.4. The minimum Gasteiger partial charge on any atom is -0.354 e. The highest BCUT2D eigenvalue weighted by atomic mass is 35.5. The van der Waals surface area contributed by atoms with Crippen molar-refractivity contribution in [2.45, 2.75) is 44.2 Å². The number of hydrogen-bond acceptors (Lipinski definition) is 4. The van der Waals surface area contributed by atoms with Gasteiger partial charge in [0.1, 0.15) is 12.6 Å². The minimum atomic E-state index is -4.25. The molecule has 12 heteroatoms. The first-order chi connectivity index (χ1) is 18.9.